The number of thiophene rings is 1. The second-order valence-corrected chi connectivity index (χ2v) is 23.5. The summed E-state index contributed by atoms with van der Waals surface area (Å²) in [6, 6.07) is 15.8. The highest BCUT2D eigenvalue weighted by atomic mass is 79.9. The number of alkyl halides is 3. The van der Waals surface area contributed by atoms with E-state index in [0.717, 1.165) is 88.6 Å². The summed E-state index contributed by atoms with van der Waals surface area (Å²) in [5.74, 6) is 2.18. The molecule has 0 spiro atoms. The molecule has 76 heavy (non-hydrogen) atoms. The van der Waals surface area contributed by atoms with E-state index in [1.54, 1.807) is 17.5 Å². The number of aryl methyl sites for hydroxylation is 2. The number of hydrogen-bond acceptors (Lipinski definition) is 13. The molecule has 0 bridgehead atoms. The Hall–Kier alpha value is -4.14. The van der Waals surface area contributed by atoms with Crippen molar-refractivity contribution in [3.8, 4) is 17.6 Å². The Morgan fingerprint density at radius 1 is 0.816 bits per heavy atom. The molecule has 5 aliphatic rings. The lowest BCUT2D eigenvalue weighted by molar-refractivity contribution is -0.191. The van der Waals surface area contributed by atoms with E-state index >= 15 is 4.79 Å². The van der Waals surface area contributed by atoms with E-state index in [9.17, 15) is 19.6 Å². The molecule has 5 fully saturated rings. The van der Waals surface area contributed by atoms with Crippen molar-refractivity contribution in [2.75, 3.05) is 55.4 Å². The maximum atomic E-state index is 15.0. The first kappa shape index (κ1) is 64.4. The summed E-state index contributed by atoms with van der Waals surface area (Å²) < 4.78 is 23.0. The average molecular weight is 1260 g/mol. The molecule has 14 nitrogen and oxygen atoms in total. The molecule has 2 saturated heterocycles. The number of piperidine rings is 2. The Labute approximate surface area is 480 Å². The zero-order valence-corrected chi connectivity index (χ0v) is 50.8. The van der Waals surface area contributed by atoms with Crippen molar-refractivity contribution in [1.82, 2.24) is 14.8 Å². The smallest absolute Gasteiger partial charge is 0.373 e. The Kier molecular flexibility index (Phi) is 28.2. The van der Waals surface area contributed by atoms with Gasteiger partial charge in [-0.3, -0.25) is 24.2 Å². The fourth-order valence-electron chi connectivity index (χ4n) is 10.4. The highest BCUT2D eigenvalue weighted by Gasteiger charge is 2.56. The number of halogens is 3. The SMILES string of the molecule is BrCCBr.CCC[C@H]1N(C(=O)c2ncccc2C)CCC[C@@]1(Oc1csc(C)c1)C(=O)N1CCC(C#N)(c2ccccc2OCCC2CCC2)CC1.CCOC(=O)C1(CCBr)CCC1.CCOC(=O)C1CCC1.O=C=O. The molecule has 1 aromatic carbocycles. The van der Waals surface area contributed by atoms with Gasteiger partial charge in [-0.2, -0.15) is 14.9 Å². The number of amides is 2. The van der Waals surface area contributed by atoms with Gasteiger partial charge in [-0.05, 0) is 122 Å². The van der Waals surface area contributed by atoms with Gasteiger partial charge in [0.15, 0.2) is 0 Å². The number of likely N-dealkylation sites (tertiary alicyclic amines) is 2. The van der Waals surface area contributed by atoms with Crippen LogP contribution in [0.3, 0.4) is 0 Å². The molecular formula is C58H79Br3N4O10S. The van der Waals surface area contributed by atoms with Crippen LogP contribution < -0.4 is 9.47 Å². The van der Waals surface area contributed by atoms with Crippen LogP contribution in [-0.2, 0) is 38.9 Å². The predicted octanol–water partition coefficient (Wildman–Crippen LogP) is 12.7. The molecule has 18 heteroatoms. The third-order valence-corrected chi connectivity index (χ3v) is 18.3. The van der Waals surface area contributed by atoms with Gasteiger partial charge in [-0.1, -0.05) is 118 Å². The van der Waals surface area contributed by atoms with Crippen LogP contribution in [-0.4, -0.2) is 112 Å². The molecule has 0 N–H and O–H groups in total. The maximum Gasteiger partial charge on any atom is 0.373 e. The molecule has 0 radical (unpaired) electrons. The topological polar surface area (TPSA) is 182 Å². The van der Waals surface area contributed by atoms with E-state index in [2.05, 4.69) is 65.8 Å². The van der Waals surface area contributed by atoms with Gasteiger partial charge in [-0.15, -0.1) is 11.3 Å². The number of rotatable bonds is 18. The molecule has 2 atom stereocenters. The molecule has 418 valence electrons. The number of esters is 2. The van der Waals surface area contributed by atoms with Crippen LogP contribution in [0.5, 0.6) is 11.5 Å². The first-order chi connectivity index (χ1) is 36.7. The maximum absolute atomic E-state index is 15.0. The lowest BCUT2D eigenvalue weighted by Gasteiger charge is -2.51. The molecule has 2 aromatic heterocycles. The third-order valence-electron chi connectivity index (χ3n) is 15.2. The molecule has 3 aliphatic carbocycles. The van der Waals surface area contributed by atoms with Gasteiger partial charge in [0.25, 0.3) is 11.8 Å². The van der Waals surface area contributed by atoms with Crippen LogP contribution in [0.1, 0.15) is 156 Å². The number of para-hydroxylation sites is 1. The van der Waals surface area contributed by atoms with Crippen molar-refractivity contribution in [2.45, 2.75) is 161 Å². The normalized spacial score (nSPS) is 20.0. The van der Waals surface area contributed by atoms with Gasteiger partial charge in [0.2, 0.25) is 5.60 Å². The van der Waals surface area contributed by atoms with E-state index in [1.165, 1.54) is 32.1 Å². The summed E-state index contributed by atoms with van der Waals surface area (Å²) in [5, 5.41) is 15.6. The summed E-state index contributed by atoms with van der Waals surface area (Å²) in [7, 11) is 0. The number of ether oxygens (including phenoxy) is 4. The summed E-state index contributed by atoms with van der Waals surface area (Å²) in [4.78, 5) is 77.0. The van der Waals surface area contributed by atoms with Crippen molar-refractivity contribution < 1.29 is 47.7 Å². The number of nitrogens with zero attached hydrogens (tertiary/aromatic N) is 4. The molecule has 2 aliphatic heterocycles. The third kappa shape index (κ3) is 17.4. The Morgan fingerprint density at radius 3 is 2.00 bits per heavy atom. The van der Waals surface area contributed by atoms with Gasteiger partial charge >= 0.3 is 18.1 Å². The Morgan fingerprint density at radius 2 is 1.49 bits per heavy atom. The van der Waals surface area contributed by atoms with E-state index in [-0.39, 0.29) is 41.2 Å². The van der Waals surface area contributed by atoms with Gasteiger partial charge in [-0.25, -0.2) is 0 Å². The van der Waals surface area contributed by atoms with Crippen LogP contribution in [0, 0.1) is 42.4 Å². The number of aromatic nitrogens is 1. The molecule has 0 unspecified atom stereocenters. The number of carbonyl (C=O) groups excluding carboxylic acids is 6. The monoisotopic (exact) mass is 1260 g/mol. The zero-order valence-electron chi connectivity index (χ0n) is 45.2. The van der Waals surface area contributed by atoms with E-state index in [0.29, 0.717) is 83.0 Å². The second-order valence-electron chi connectivity index (χ2n) is 20.0. The molecule has 3 aromatic rings. The molecule has 3 saturated carbocycles. The van der Waals surface area contributed by atoms with Gasteiger partial charge in [0.05, 0.1) is 48.7 Å². The number of hydrogen-bond donors (Lipinski definition) is 0. The molecule has 2 amide bonds. The van der Waals surface area contributed by atoms with Crippen molar-refractivity contribution >= 4 is 89.0 Å². The fourth-order valence-corrected chi connectivity index (χ4v) is 11.7. The van der Waals surface area contributed by atoms with Gasteiger partial charge < -0.3 is 28.7 Å². The van der Waals surface area contributed by atoms with E-state index < -0.39 is 17.1 Å². The minimum Gasteiger partial charge on any atom is -0.493 e. The van der Waals surface area contributed by atoms with Crippen LogP contribution >= 0.6 is 59.1 Å². The first-order valence-corrected chi connectivity index (χ1v) is 31.4. The molecule has 8 rings (SSSR count). The minimum atomic E-state index is -1.25. The van der Waals surface area contributed by atoms with Crippen molar-refractivity contribution in [1.29, 1.82) is 5.26 Å². The second kappa shape index (κ2) is 33.3. The van der Waals surface area contributed by atoms with Gasteiger partial charge in [0, 0.05) is 64.1 Å². The largest absolute Gasteiger partial charge is 0.493 e. The minimum absolute atomic E-state index is 0.00347. The van der Waals surface area contributed by atoms with E-state index in [4.69, 9.17) is 28.5 Å². The number of benzene rings is 1. The van der Waals surface area contributed by atoms with Crippen molar-refractivity contribution in [3.63, 3.8) is 0 Å². The van der Waals surface area contributed by atoms with Crippen LogP contribution in [0.4, 0.5) is 0 Å². The average Bonchev–Trinajstić information content (AvgIpc) is 3.80. The van der Waals surface area contributed by atoms with Crippen molar-refractivity contribution in [2.24, 2.45) is 17.3 Å². The first-order valence-electron chi connectivity index (χ1n) is 27.1. The highest BCUT2D eigenvalue weighted by molar-refractivity contribution is 9.12. The summed E-state index contributed by atoms with van der Waals surface area (Å²) in [6.45, 7) is 12.8. The summed E-state index contributed by atoms with van der Waals surface area (Å²) in [6.07, 6.45) is 17.7. The standard InChI is InChI=1S/C39H48N4O4S.C9H15BrO2.C7H12O2.C2H4Br2.CO2/c1-4-10-34-39(47-31-25-29(3)48-26-31,17-9-21-43(34)36(44)35-28(2)11-8-20-41-35)37(45)42-22-18-38(27-40,19-23-42)32-14-5-6-15-33(32)46-24-16-30-12-7-13-30;1-2-12-8(11)9(6-7-10)4-3-5-9;1-2-9-7(8)6-4-3-5-6;3-1-2-4;2-1-3/h5-6,8,11,14-15,20,25-26,30,34H,4,7,9-10,12-13,16-19,21-24H2,1-3H3;2-7H2,1H3;6H,2-5H2,1H3;1-2H2;/t34-,39+;;;;/m1..../s1. The highest BCUT2D eigenvalue weighted by Crippen LogP contribution is 2.46. The Bertz CT molecular complexity index is 2350. The predicted molar refractivity (Wildman–Crippen MR) is 305 cm³/mol. The molecule has 4 heterocycles. The number of nitriles is 1. The van der Waals surface area contributed by atoms with Crippen LogP contribution in [0.15, 0.2) is 54.0 Å². The Balaban J connectivity index is 0.000000361. The lowest BCUT2D eigenvalue weighted by atomic mass is 9.67. The number of carbonyl (C=O) groups is 4. The quantitative estimate of drug-likeness (QED) is 0.0869. The zero-order chi connectivity index (χ0) is 55.6. The lowest BCUT2D eigenvalue weighted by Crippen LogP contribution is -2.68. The van der Waals surface area contributed by atoms with Crippen molar-refractivity contribution in [3.05, 3.63) is 75.7 Å². The van der Waals surface area contributed by atoms with Crippen LogP contribution in [0.25, 0.3) is 0 Å². The van der Waals surface area contributed by atoms with E-state index in [1.807, 2.05) is 85.3 Å². The van der Waals surface area contributed by atoms with Gasteiger partial charge in [0.1, 0.15) is 17.2 Å². The summed E-state index contributed by atoms with van der Waals surface area (Å²) in [5.41, 5.74) is 0.00623. The molecular weight excluding hydrogens is 1180 g/mol. The fraction of sp³-hybridized carbons (Fsp3) is 0.638. The number of pyridine rings is 1. The van der Waals surface area contributed by atoms with Crippen LogP contribution in [0.2, 0.25) is 0 Å². The summed E-state index contributed by atoms with van der Waals surface area (Å²) >= 11 is 11.4.